The molecule has 0 spiro atoms. The van der Waals surface area contributed by atoms with E-state index in [1.54, 1.807) is 30.3 Å². The third-order valence-electron chi connectivity index (χ3n) is 4.65. The molecule has 1 aliphatic carbocycles. The van der Waals surface area contributed by atoms with Crippen molar-refractivity contribution in [1.29, 1.82) is 0 Å². The second kappa shape index (κ2) is 5.14. The van der Waals surface area contributed by atoms with Crippen molar-refractivity contribution in [2.45, 2.75) is 6.92 Å². The number of phenolic OH excluding ortho intramolecular Hbond substituents is 2. The van der Waals surface area contributed by atoms with Crippen LogP contribution in [0.4, 0.5) is 0 Å². The number of ketones is 1. The van der Waals surface area contributed by atoms with Gasteiger partial charge in [0.1, 0.15) is 23.0 Å². The molecular weight excluding hydrogens is 320 g/mol. The number of aromatic hydroxyl groups is 2. The lowest BCUT2D eigenvalue weighted by Gasteiger charge is -2.14. The van der Waals surface area contributed by atoms with Gasteiger partial charge in [-0.15, -0.1) is 0 Å². The van der Waals surface area contributed by atoms with Gasteiger partial charge in [0, 0.05) is 22.1 Å². The van der Waals surface area contributed by atoms with E-state index in [-0.39, 0.29) is 22.8 Å². The highest BCUT2D eigenvalue weighted by Crippen LogP contribution is 2.55. The molecule has 3 aromatic carbocycles. The third kappa shape index (κ3) is 1.86. The average molecular weight is 336 g/mol. The highest BCUT2D eigenvalue weighted by atomic mass is 16.5. The average Bonchev–Trinajstić information content (AvgIpc) is 2.91. The van der Waals surface area contributed by atoms with Gasteiger partial charge in [-0.25, -0.2) is 0 Å². The number of benzene rings is 3. The van der Waals surface area contributed by atoms with Crippen LogP contribution in [0.25, 0.3) is 21.9 Å². The number of phenols is 2. The molecule has 25 heavy (non-hydrogen) atoms. The first-order valence-corrected chi connectivity index (χ1v) is 7.77. The molecule has 2 N–H and O–H groups in total. The summed E-state index contributed by atoms with van der Waals surface area (Å²) in [6.07, 6.45) is 0. The Morgan fingerprint density at radius 1 is 0.880 bits per heavy atom. The molecule has 0 bridgehead atoms. The van der Waals surface area contributed by atoms with E-state index in [2.05, 4.69) is 0 Å². The van der Waals surface area contributed by atoms with Crippen LogP contribution in [-0.4, -0.2) is 30.2 Å². The minimum Gasteiger partial charge on any atom is -0.507 e. The lowest BCUT2D eigenvalue weighted by Crippen LogP contribution is -1.98. The molecule has 5 heteroatoms. The van der Waals surface area contributed by atoms with Crippen LogP contribution in [0.15, 0.2) is 30.3 Å². The van der Waals surface area contributed by atoms with E-state index < -0.39 is 0 Å². The second-order valence-electron chi connectivity index (χ2n) is 6.05. The first-order chi connectivity index (χ1) is 12.0. The molecule has 0 atom stereocenters. The molecule has 0 saturated heterocycles. The zero-order valence-corrected chi connectivity index (χ0v) is 14.0. The van der Waals surface area contributed by atoms with Crippen molar-refractivity contribution in [1.82, 2.24) is 0 Å². The zero-order chi connectivity index (χ0) is 17.9. The van der Waals surface area contributed by atoms with E-state index in [0.717, 1.165) is 5.56 Å². The van der Waals surface area contributed by atoms with Gasteiger partial charge in [0.25, 0.3) is 0 Å². The van der Waals surface area contributed by atoms with E-state index in [0.29, 0.717) is 39.0 Å². The Labute approximate surface area is 144 Å². The van der Waals surface area contributed by atoms with Crippen LogP contribution >= 0.6 is 0 Å². The van der Waals surface area contributed by atoms with Crippen LogP contribution in [0.1, 0.15) is 21.5 Å². The fourth-order valence-corrected chi connectivity index (χ4v) is 3.59. The first-order valence-electron chi connectivity index (χ1n) is 7.77. The highest BCUT2D eigenvalue weighted by Gasteiger charge is 2.37. The number of carbonyl (C=O) groups is 1. The Bertz CT molecular complexity index is 1070. The standard InChI is InChI=1S/C20H16O5/c1-9-7-11-14(13(8-9)25-3)16-17(19(11)22)20(23)15-10(18(16)21)5-4-6-12(15)24-2/h4-8,21,23H,1-3H3. The maximum Gasteiger partial charge on any atom is 0.198 e. The van der Waals surface area contributed by atoms with E-state index in [4.69, 9.17) is 9.47 Å². The maximum atomic E-state index is 13.0. The lowest BCUT2D eigenvalue weighted by molar-refractivity contribution is 0.104. The van der Waals surface area contributed by atoms with Crippen molar-refractivity contribution in [3.63, 3.8) is 0 Å². The van der Waals surface area contributed by atoms with Crippen LogP contribution in [0.2, 0.25) is 0 Å². The summed E-state index contributed by atoms with van der Waals surface area (Å²) in [7, 11) is 2.99. The predicted molar refractivity (Wildman–Crippen MR) is 94.0 cm³/mol. The number of fused-ring (bicyclic) bond motifs is 4. The number of hydrogen-bond donors (Lipinski definition) is 2. The summed E-state index contributed by atoms with van der Waals surface area (Å²) >= 11 is 0. The van der Waals surface area contributed by atoms with Crippen molar-refractivity contribution in [2.75, 3.05) is 14.2 Å². The Morgan fingerprint density at radius 2 is 1.60 bits per heavy atom. The Hall–Kier alpha value is -3.21. The molecule has 1 aliphatic rings. The molecule has 3 aromatic rings. The highest BCUT2D eigenvalue weighted by molar-refractivity contribution is 6.28. The predicted octanol–water partition coefficient (Wildman–Crippen LogP) is 3.79. The molecule has 0 saturated carbocycles. The van der Waals surface area contributed by atoms with Gasteiger partial charge in [0.05, 0.1) is 25.2 Å². The molecule has 0 amide bonds. The second-order valence-corrected chi connectivity index (χ2v) is 6.05. The van der Waals surface area contributed by atoms with E-state index in [9.17, 15) is 15.0 Å². The van der Waals surface area contributed by atoms with E-state index >= 15 is 0 Å². The smallest absolute Gasteiger partial charge is 0.198 e. The summed E-state index contributed by atoms with van der Waals surface area (Å²) < 4.78 is 10.7. The maximum absolute atomic E-state index is 13.0. The Balaban J connectivity index is 2.22. The van der Waals surface area contributed by atoms with Crippen molar-refractivity contribution in [2.24, 2.45) is 0 Å². The number of ether oxygens (including phenoxy) is 2. The third-order valence-corrected chi connectivity index (χ3v) is 4.65. The van der Waals surface area contributed by atoms with Crippen molar-refractivity contribution in [3.8, 4) is 34.1 Å². The normalized spacial score (nSPS) is 12.2. The fraction of sp³-hybridized carbons (Fsp3) is 0.150. The molecule has 126 valence electrons. The quantitative estimate of drug-likeness (QED) is 0.545. The molecule has 0 heterocycles. The van der Waals surface area contributed by atoms with E-state index in [1.165, 1.54) is 14.2 Å². The Morgan fingerprint density at radius 3 is 2.28 bits per heavy atom. The number of aryl methyl sites for hydroxylation is 1. The minimum atomic E-state index is -0.340. The van der Waals surface area contributed by atoms with Gasteiger partial charge in [-0.05, 0) is 30.7 Å². The molecule has 0 aliphatic heterocycles. The van der Waals surface area contributed by atoms with Gasteiger partial charge in [0.15, 0.2) is 5.78 Å². The van der Waals surface area contributed by atoms with Gasteiger partial charge in [0.2, 0.25) is 0 Å². The van der Waals surface area contributed by atoms with Crippen molar-refractivity contribution >= 4 is 16.6 Å². The molecule has 4 rings (SSSR count). The molecule has 0 unspecified atom stereocenters. The fourth-order valence-electron chi connectivity index (χ4n) is 3.59. The van der Waals surface area contributed by atoms with Gasteiger partial charge >= 0.3 is 0 Å². The van der Waals surface area contributed by atoms with E-state index in [1.807, 2.05) is 6.92 Å². The number of rotatable bonds is 2. The SMILES string of the molecule is COc1cc(C)cc2c1-c1c(c(O)c3c(OC)cccc3c1O)C2=O. The summed E-state index contributed by atoms with van der Waals surface area (Å²) in [5, 5.41) is 22.5. The number of carbonyl (C=O) groups excluding carboxylic acids is 1. The van der Waals surface area contributed by atoms with Crippen LogP contribution in [-0.2, 0) is 0 Å². The molecular formula is C20H16O5. The van der Waals surface area contributed by atoms with Crippen LogP contribution < -0.4 is 9.47 Å². The molecule has 0 aromatic heterocycles. The van der Waals surface area contributed by atoms with Crippen molar-refractivity contribution < 1.29 is 24.5 Å². The van der Waals surface area contributed by atoms with Crippen LogP contribution in [0.3, 0.4) is 0 Å². The van der Waals surface area contributed by atoms with Gasteiger partial charge in [-0.1, -0.05) is 12.1 Å². The lowest BCUT2D eigenvalue weighted by atomic mass is 9.96. The molecule has 0 fully saturated rings. The number of methoxy groups -OCH3 is 2. The minimum absolute atomic E-state index is 0.0732. The topological polar surface area (TPSA) is 76.0 Å². The first kappa shape index (κ1) is 15.3. The largest absolute Gasteiger partial charge is 0.507 e. The van der Waals surface area contributed by atoms with Gasteiger partial charge in [-0.2, -0.15) is 0 Å². The Kier molecular flexibility index (Phi) is 3.15. The monoisotopic (exact) mass is 336 g/mol. The molecule has 0 radical (unpaired) electrons. The van der Waals surface area contributed by atoms with Crippen molar-refractivity contribution in [3.05, 3.63) is 47.0 Å². The summed E-state index contributed by atoms with van der Waals surface area (Å²) in [6, 6.07) is 8.60. The van der Waals surface area contributed by atoms with Gasteiger partial charge < -0.3 is 19.7 Å². The summed E-state index contributed by atoms with van der Waals surface area (Å²) in [5.74, 6) is 0.267. The van der Waals surface area contributed by atoms with Crippen LogP contribution in [0, 0.1) is 6.92 Å². The van der Waals surface area contributed by atoms with Crippen LogP contribution in [0.5, 0.6) is 23.0 Å². The summed E-state index contributed by atoms with van der Waals surface area (Å²) in [5.41, 5.74) is 2.15. The number of hydrogen-bond acceptors (Lipinski definition) is 5. The summed E-state index contributed by atoms with van der Waals surface area (Å²) in [6.45, 7) is 1.86. The molecule has 5 nitrogen and oxygen atoms in total. The summed E-state index contributed by atoms with van der Waals surface area (Å²) in [4.78, 5) is 13.0. The van der Waals surface area contributed by atoms with Gasteiger partial charge in [-0.3, -0.25) is 4.79 Å². The zero-order valence-electron chi connectivity index (χ0n) is 14.0.